The molecule has 4 aliphatic carbocycles. The standard InChI is InChI=1S/C27H34/c1-2-8-22-14-16-26-25-15-13-21-11-6-7-12-23(21)24(25)17-18-27(22,26)19-20-9-4-3-5-10-20/h3-5,9-10,21-22,25-26H,6-7,11-19H2,1H3/t21?,22-,25-,26+,27+/m1/s1. The van der Waals surface area contributed by atoms with Gasteiger partial charge in [-0.1, -0.05) is 53.8 Å². The van der Waals surface area contributed by atoms with E-state index in [4.69, 9.17) is 0 Å². The Labute approximate surface area is 165 Å². The van der Waals surface area contributed by atoms with E-state index in [1.54, 1.807) is 0 Å². The molecule has 0 spiro atoms. The Kier molecular flexibility index (Phi) is 4.67. The molecule has 1 aromatic carbocycles. The molecule has 0 N–H and O–H groups in total. The van der Waals surface area contributed by atoms with Crippen molar-refractivity contribution in [3.05, 3.63) is 47.0 Å². The molecule has 0 nitrogen and oxygen atoms in total. The largest absolute Gasteiger partial charge is 0.106 e. The highest BCUT2D eigenvalue weighted by molar-refractivity contribution is 5.32. The molecule has 5 atom stereocenters. The van der Waals surface area contributed by atoms with Crippen molar-refractivity contribution in [2.24, 2.45) is 29.1 Å². The zero-order chi connectivity index (χ0) is 18.3. The van der Waals surface area contributed by atoms with E-state index in [-0.39, 0.29) is 0 Å². The van der Waals surface area contributed by atoms with Crippen LogP contribution in [0, 0.1) is 40.9 Å². The summed E-state index contributed by atoms with van der Waals surface area (Å²) in [6.45, 7) is 2.05. The van der Waals surface area contributed by atoms with Gasteiger partial charge in [0.05, 0.1) is 0 Å². The summed E-state index contributed by atoms with van der Waals surface area (Å²) >= 11 is 0. The first kappa shape index (κ1) is 17.6. The lowest BCUT2D eigenvalue weighted by atomic mass is 9.53. The quantitative estimate of drug-likeness (QED) is 0.396. The minimum Gasteiger partial charge on any atom is -0.106 e. The fourth-order valence-corrected chi connectivity index (χ4v) is 7.63. The second kappa shape index (κ2) is 7.16. The van der Waals surface area contributed by atoms with E-state index in [2.05, 4.69) is 42.2 Å². The van der Waals surface area contributed by atoms with Gasteiger partial charge in [0.15, 0.2) is 0 Å². The third-order valence-corrected chi connectivity index (χ3v) is 8.67. The van der Waals surface area contributed by atoms with Crippen molar-refractivity contribution in [3.8, 4) is 11.8 Å². The lowest BCUT2D eigenvalue weighted by molar-refractivity contribution is 0.0672. The zero-order valence-corrected chi connectivity index (χ0v) is 17.0. The van der Waals surface area contributed by atoms with Gasteiger partial charge in [-0.3, -0.25) is 0 Å². The summed E-state index contributed by atoms with van der Waals surface area (Å²) in [5.41, 5.74) is 5.86. The first-order valence-corrected chi connectivity index (χ1v) is 11.5. The second-order valence-electron chi connectivity index (χ2n) is 9.70. The van der Waals surface area contributed by atoms with Crippen molar-refractivity contribution in [2.45, 2.75) is 77.6 Å². The normalized spacial score (nSPS) is 37.7. The second-order valence-corrected chi connectivity index (χ2v) is 9.70. The molecule has 3 saturated carbocycles. The Hall–Kier alpha value is -1.48. The Morgan fingerprint density at radius 3 is 2.67 bits per heavy atom. The van der Waals surface area contributed by atoms with Crippen molar-refractivity contribution >= 4 is 0 Å². The molecule has 3 fully saturated rings. The van der Waals surface area contributed by atoms with E-state index < -0.39 is 0 Å². The first-order chi connectivity index (χ1) is 13.3. The summed E-state index contributed by atoms with van der Waals surface area (Å²) < 4.78 is 0. The van der Waals surface area contributed by atoms with Crippen LogP contribution in [-0.2, 0) is 6.42 Å². The van der Waals surface area contributed by atoms with E-state index in [0.717, 1.165) is 17.8 Å². The molecule has 0 amide bonds. The summed E-state index contributed by atoms with van der Waals surface area (Å²) in [5.74, 6) is 10.3. The lowest BCUT2D eigenvalue weighted by Crippen LogP contribution is -2.44. The molecular formula is C27H34. The maximum absolute atomic E-state index is 3.69. The highest BCUT2D eigenvalue weighted by atomic mass is 14.6. The van der Waals surface area contributed by atoms with Gasteiger partial charge in [0, 0.05) is 5.92 Å². The van der Waals surface area contributed by atoms with Crippen LogP contribution in [0.15, 0.2) is 41.5 Å². The van der Waals surface area contributed by atoms with Gasteiger partial charge in [-0.05, 0) is 99.9 Å². The van der Waals surface area contributed by atoms with E-state index in [9.17, 15) is 0 Å². The van der Waals surface area contributed by atoms with Crippen LogP contribution in [0.5, 0.6) is 0 Å². The van der Waals surface area contributed by atoms with Gasteiger partial charge in [-0.2, -0.15) is 0 Å². The van der Waals surface area contributed by atoms with Gasteiger partial charge < -0.3 is 0 Å². The minimum atomic E-state index is 0.431. The smallest absolute Gasteiger partial charge is 0.0265 e. The molecule has 1 unspecified atom stereocenters. The Morgan fingerprint density at radius 2 is 1.81 bits per heavy atom. The highest BCUT2D eigenvalue weighted by Crippen LogP contribution is 2.63. The van der Waals surface area contributed by atoms with Crippen molar-refractivity contribution in [2.75, 3.05) is 0 Å². The van der Waals surface area contributed by atoms with Gasteiger partial charge in [0.2, 0.25) is 0 Å². The van der Waals surface area contributed by atoms with Crippen LogP contribution in [0.25, 0.3) is 0 Å². The van der Waals surface area contributed by atoms with E-state index in [0.29, 0.717) is 11.3 Å². The molecule has 0 aliphatic heterocycles. The van der Waals surface area contributed by atoms with Crippen LogP contribution < -0.4 is 0 Å². The average Bonchev–Trinajstić information content (AvgIpc) is 3.07. The van der Waals surface area contributed by atoms with Crippen LogP contribution in [0.4, 0.5) is 0 Å². The fourth-order valence-electron chi connectivity index (χ4n) is 7.63. The minimum absolute atomic E-state index is 0.431. The predicted octanol–water partition coefficient (Wildman–Crippen LogP) is 6.96. The van der Waals surface area contributed by atoms with Crippen molar-refractivity contribution < 1.29 is 0 Å². The molecule has 0 heteroatoms. The highest BCUT2D eigenvalue weighted by Gasteiger charge is 2.55. The molecule has 4 aliphatic rings. The van der Waals surface area contributed by atoms with Gasteiger partial charge >= 0.3 is 0 Å². The number of fused-ring (bicyclic) bond motifs is 4. The molecule has 142 valence electrons. The molecule has 5 rings (SSSR count). The summed E-state index contributed by atoms with van der Waals surface area (Å²) in [5, 5.41) is 0. The molecule has 0 aromatic heterocycles. The predicted molar refractivity (Wildman–Crippen MR) is 113 cm³/mol. The van der Waals surface area contributed by atoms with Crippen molar-refractivity contribution in [1.29, 1.82) is 0 Å². The van der Waals surface area contributed by atoms with E-state index in [1.807, 2.05) is 18.1 Å². The van der Waals surface area contributed by atoms with E-state index in [1.165, 1.54) is 76.2 Å². The van der Waals surface area contributed by atoms with Gasteiger partial charge in [-0.25, -0.2) is 0 Å². The Balaban J connectivity index is 1.52. The lowest BCUT2D eigenvalue weighted by Gasteiger charge is -2.51. The third kappa shape index (κ3) is 2.90. The zero-order valence-electron chi connectivity index (χ0n) is 17.0. The van der Waals surface area contributed by atoms with Crippen LogP contribution in [0.2, 0.25) is 0 Å². The van der Waals surface area contributed by atoms with Gasteiger partial charge in [0.25, 0.3) is 0 Å². The molecule has 0 bridgehead atoms. The molecular weight excluding hydrogens is 324 g/mol. The average molecular weight is 359 g/mol. The molecule has 27 heavy (non-hydrogen) atoms. The molecule has 0 heterocycles. The van der Waals surface area contributed by atoms with E-state index >= 15 is 0 Å². The summed E-state index contributed by atoms with van der Waals surface area (Å²) in [7, 11) is 0. The maximum Gasteiger partial charge on any atom is 0.0265 e. The van der Waals surface area contributed by atoms with Crippen LogP contribution in [-0.4, -0.2) is 0 Å². The molecule has 0 radical (unpaired) electrons. The van der Waals surface area contributed by atoms with Crippen LogP contribution >= 0.6 is 0 Å². The van der Waals surface area contributed by atoms with Crippen LogP contribution in [0.1, 0.15) is 76.7 Å². The Bertz CT molecular complexity index is 773. The van der Waals surface area contributed by atoms with Gasteiger partial charge in [0.1, 0.15) is 0 Å². The summed E-state index contributed by atoms with van der Waals surface area (Å²) in [6, 6.07) is 11.3. The molecule has 1 aromatic rings. The molecule has 0 saturated heterocycles. The summed E-state index contributed by atoms with van der Waals surface area (Å²) in [4.78, 5) is 0. The summed E-state index contributed by atoms with van der Waals surface area (Å²) in [6.07, 6.45) is 15.5. The van der Waals surface area contributed by atoms with Gasteiger partial charge in [-0.15, -0.1) is 5.92 Å². The third-order valence-electron chi connectivity index (χ3n) is 8.67. The number of hydrogen-bond acceptors (Lipinski definition) is 0. The Morgan fingerprint density at radius 1 is 0.926 bits per heavy atom. The van der Waals surface area contributed by atoms with Crippen LogP contribution in [0.3, 0.4) is 0 Å². The SMILES string of the molecule is CC#C[C@@H]1CC[C@H]2[C@@H]3CCC4CCCCC4=C3CC[C@]12Cc1ccccc1. The van der Waals surface area contributed by atoms with Crippen molar-refractivity contribution in [1.82, 2.24) is 0 Å². The topological polar surface area (TPSA) is 0 Å². The number of rotatable bonds is 2. The maximum atomic E-state index is 3.69. The number of allylic oxidation sites excluding steroid dienone is 2. The number of benzene rings is 1. The number of hydrogen-bond donors (Lipinski definition) is 0. The van der Waals surface area contributed by atoms with Crippen molar-refractivity contribution in [3.63, 3.8) is 0 Å². The monoisotopic (exact) mass is 358 g/mol. The first-order valence-electron chi connectivity index (χ1n) is 11.5. The fraction of sp³-hybridized carbons (Fsp3) is 0.630.